The van der Waals surface area contributed by atoms with E-state index in [1.807, 2.05) is 107 Å². The molecule has 0 aliphatic heterocycles. The van der Waals surface area contributed by atoms with E-state index >= 15 is 0 Å². The summed E-state index contributed by atoms with van der Waals surface area (Å²) in [7, 11) is -8.67. The number of carbonyl (C=O) groups excluding carboxylic acids is 3. The average molecular weight is 2180 g/mol. The number of carboxylic acid groups (broad SMARTS) is 1. The highest BCUT2D eigenvalue weighted by Crippen LogP contribution is 2.65. The molecule has 0 aromatic heterocycles. The zero-order valence-corrected chi connectivity index (χ0v) is 91.8. The number of esters is 1. The van der Waals surface area contributed by atoms with Crippen molar-refractivity contribution in [3.63, 3.8) is 0 Å². The molecule has 2 bridgehead atoms. The Morgan fingerprint density at radius 1 is 0.444 bits per heavy atom. The van der Waals surface area contributed by atoms with Gasteiger partial charge >= 0.3 is 69.6 Å². The van der Waals surface area contributed by atoms with E-state index in [1.54, 1.807) is 12.1 Å². The molecule has 17 heteroatoms. The highest BCUT2D eigenvalue weighted by molar-refractivity contribution is 7.86. The van der Waals surface area contributed by atoms with Crippen molar-refractivity contribution in [2.45, 2.75) is 281 Å². The van der Waals surface area contributed by atoms with E-state index in [9.17, 15) is 45.4 Å². The maximum absolute atomic E-state index is 12.6. The van der Waals surface area contributed by atoms with Gasteiger partial charge in [0, 0.05) is 17.6 Å². The molecule has 0 amide bonds. The maximum Gasteiger partial charge on any atom is 0.357 e. The molecule has 0 N–H and O–H groups in total. The number of halogens is 3. The molecule has 720 valence electrons. The van der Waals surface area contributed by atoms with Gasteiger partial charge in [-0.05, 0) is 242 Å². The van der Waals surface area contributed by atoms with Crippen LogP contribution in [0.25, 0.3) is 21.5 Å². The predicted molar refractivity (Wildman–Crippen MR) is 538 cm³/mol. The third-order valence-electron chi connectivity index (χ3n) is 25.0. The molecular weight excluding hydrogens is 2030 g/mol. The molecule has 2 aliphatic carbocycles. The van der Waals surface area contributed by atoms with Crippen molar-refractivity contribution >= 4 is 59.5 Å². The molecule has 12 nitrogen and oxygen atoms in total. The zero-order valence-electron chi connectivity index (χ0n) is 83.7. The van der Waals surface area contributed by atoms with Crippen LogP contribution < -0.4 is 68.7 Å². The highest BCUT2D eigenvalue weighted by Gasteiger charge is 2.62. The lowest BCUT2D eigenvalue weighted by Gasteiger charge is -2.39. The zero-order chi connectivity index (χ0) is 98.4. The molecule has 0 heterocycles. The number of aromatic carboxylic acids is 1. The van der Waals surface area contributed by atoms with Gasteiger partial charge in [-0.1, -0.05) is 360 Å². The number of nitrogens with zero attached hydrogens (tertiary/aromatic N) is 1. The van der Waals surface area contributed by atoms with E-state index in [0.717, 1.165) is 51.9 Å². The quantitative estimate of drug-likeness (QED) is 0.0104. The number of ketones is 1. The molecule has 2 aliphatic rings. The second kappa shape index (κ2) is 55.2. The Kier molecular flexibility index (Phi) is 47.4. The summed E-state index contributed by atoms with van der Waals surface area (Å²) in [5, 5.41) is 14.0. The summed E-state index contributed by atoms with van der Waals surface area (Å²) in [5.74, 6) is -0.459. The van der Waals surface area contributed by atoms with Gasteiger partial charge in [0.1, 0.15) is 15.9 Å². The van der Waals surface area contributed by atoms with Crippen LogP contribution in [0.1, 0.15) is 314 Å². The molecule has 2 saturated carbocycles. The number of unbranched alkanes of at least 4 members (excludes halogenated alkanes) is 5. The maximum atomic E-state index is 12.6. The Morgan fingerprint density at radius 2 is 0.774 bits per heavy atom. The highest BCUT2D eigenvalue weighted by atomic mass is 127. The van der Waals surface area contributed by atoms with E-state index < -0.39 is 37.9 Å². The van der Waals surface area contributed by atoms with Gasteiger partial charge in [0.2, 0.25) is 0 Å². The van der Waals surface area contributed by atoms with Crippen molar-refractivity contribution in [2.75, 3.05) is 38.5 Å². The van der Waals surface area contributed by atoms with Crippen molar-refractivity contribution in [1.29, 1.82) is 0 Å². The Balaban J connectivity index is 0.000000237. The second-order valence-electron chi connectivity index (χ2n) is 39.5. The third kappa shape index (κ3) is 37.4. The summed E-state index contributed by atoms with van der Waals surface area (Å²) in [5.41, 5.74) is 7.96. The van der Waals surface area contributed by atoms with Gasteiger partial charge < -0.3 is 28.2 Å². The van der Waals surface area contributed by atoms with Crippen LogP contribution in [-0.4, -0.2) is 86.7 Å². The standard InChI is InChI=1S/C20H26I.C19H18O5S.C16H36N.C15H24O3S.2C12H10I.C11H14O2.C11H18O/c1-19(2,3)15-7-11-17(12-8-15)21-18-13-9-16(10-14-18)20(4,5)6;20-19(24-11-5-6-12-25(21,22)23)18-16-9-3-1-7-14(16)13-15-8-2-4-10-17(15)18;1-5-9-13-17(14-10-6-2,15-11-7-3)16-12-8-4;1-9(2)12-7-13(10(3)4)15(19(16,17)18)14(8-12)11(5)6;2*1-3-7-11(8-4-1)13-12-9-5-2-6-10-12;1-11(2,3)9-6-4-8(5-7-9)10(12)13;1-4-11-6-5-8(7-9(11)12)10(11,2)3/h7-14H,1-6H3;1-4,7-10,13H,5-6,11-12H2,(H,21,22,23);5-16H2,1-4H3;7-11H,1-6H3,(H,16,17,18);2*1-10H;4-7H,1-3H3,(H,12,13);8H,4-7H2,1-3H3/q+1;;+1;;2*+1;;/p-3. The van der Waals surface area contributed by atoms with Gasteiger partial charge in [0.15, 0.2) is 21.4 Å². The lowest BCUT2D eigenvalue weighted by molar-refractivity contribution is -0.929. The lowest BCUT2D eigenvalue weighted by atomic mass is 9.67. The van der Waals surface area contributed by atoms with E-state index in [4.69, 9.17) is 4.74 Å². The van der Waals surface area contributed by atoms with E-state index in [1.165, 1.54) is 121 Å². The SMILES string of the molecule is CC(C)(C)c1ccc(C(=O)[O-])cc1.CC(C)(C)c1ccc([I+]c2ccc(C(C)(C)C)cc2)cc1.CC(C)c1cc(C(C)C)c(S(=O)(=O)[O-])c(C(C)C)c1.CCC12CCC(CC1=O)C2(C)C.CCCC[N+](CCCC)(CCCC)CCCC.O=C(OCCCCS(=O)(=O)[O-])c1c2ccccc2cc2ccccc12.c1ccc([I+]c2ccccc2)cc1.c1ccc([I+]c2ccccc2)cc1. The smallest absolute Gasteiger partial charge is 0.357 e. The molecule has 0 spiro atoms. The lowest BCUT2D eigenvalue weighted by Crippen LogP contribution is -3.61. The van der Waals surface area contributed by atoms with Crippen LogP contribution in [0, 0.1) is 38.2 Å². The average Bonchev–Trinajstić information content (AvgIpc) is 1.55. The van der Waals surface area contributed by atoms with Crippen LogP contribution in [0.2, 0.25) is 0 Å². The third-order valence-corrected chi connectivity index (χ3v) is 34.8. The Bertz CT molecular complexity index is 5230. The van der Waals surface area contributed by atoms with E-state index in [0.29, 0.717) is 46.1 Å². The van der Waals surface area contributed by atoms with Crippen LogP contribution >= 0.6 is 0 Å². The normalized spacial score (nSPS) is 14.5. The van der Waals surface area contributed by atoms with Crippen molar-refractivity contribution < 1.29 is 118 Å². The molecule has 133 heavy (non-hydrogen) atoms. The van der Waals surface area contributed by atoms with Crippen molar-refractivity contribution in [3.05, 3.63) is 327 Å². The number of benzene rings is 11. The van der Waals surface area contributed by atoms with Crippen LogP contribution in [0.3, 0.4) is 0 Å². The summed E-state index contributed by atoms with van der Waals surface area (Å²) < 4.78 is 82.2. The molecule has 11 aromatic rings. The first-order chi connectivity index (χ1) is 62.8. The molecule has 2 unspecified atom stereocenters. The van der Waals surface area contributed by atoms with Crippen LogP contribution in [0.5, 0.6) is 0 Å². The fourth-order valence-corrected chi connectivity index (χ4v) is 25.1. The number of hydrogen-bond acceptors (Lipinski definition) is 11. The fourth-order valence-electron chi connectivity index (χ4n) is 16.7. The molecule has 0 saturated heterocycles. The van der Waals surface area contributed by atoms with Crippen molar-refractivity contribution in [1.82, 2.24) is 0 Å². The van der Waals surface area contributed by atoms with Gasteiger partial charge in [-0.25, -0.2) is 21.6 Å². The number of hydrogen-bond donors (Lipinski definition) is 0. The Hall–Kier alpha value is -7.48. The fraction of sp³-hybridized carbons (Fsp3) is 0.440. The van der Waals surface area contributed by atoms with Gasteiger partial charge in [0.05, 0.1) is 59.3 Å². The minimum atomic E-state index is -4.45. The van der Waals surface area contributed by atoms with E-state index in [2.05, 4.69) is 294 Å². The van der Waals surface area contributed by atoms with Crippen molar-refractivity contribution in [2.24, 2.45) is 16.7 Å². The molecule has 2 fully saturated rings. The van der Waals surface area contributed by atoms with Gasteiger partial charge in [-0.3, -0.25) is 4.79 Å². The summed E-state index contributed by atoms with van der Waals surface area (Å²) in [6, 6.07) is 89.0. The Labute approximate surface area is 833 Å². The summed E-state index contributed by atoms with van der Waals surface area (Å²) in [4.78, 5) is 34.9. The molecule has 0 radical (unpaired) electrons. The number of rotatable bonds is 30. The van der Waals surface area contributed by atoms with Gasteiger partial charge in [-0.15, -0.1) is 0 Å². The van der Waals surface area contributed by atoms with Crippen LogP contribution in [-0.2, 0) is 46.0 Å². The number of fused-ring (bicyclic) bond motifs is 4. The molecular formula is C116H153I3NO11S2+. The topological polar surface area (TPSA) is 198 Å². The predicted octanol–water partition coefficient (Wildman–Crippen LogP) is 18.6. The van der Waals surface area contributed by atoms with Crippen molar-refractivity contribution in [3.8, 4) is 0 Å². The first kappa shape index (κ1) is 114. The number of carbonyl (C=O) groups is 3. The number of quaternary nitrogens is 1. The number of carboxylic acids is 1. The largest absolute Gasteiger partial charge is 0.748 e. The summed E-state index contributed by atoms with van der Waals surface area (Å²) in [6.45, 7) is 53.5. The minimum absolute atomic E-state index is 0.00919. The van der Waals surface area contributed by atoms with Crippen LogP contribution in [0.4, 0.5) is 0 Å². The van der Waals surface area contributed by atoms with Gasteiger partial charge in [0.25, 0.3) is 0 Å². The summed E-state index contributed by atoms with van der Waals surface area (Å²) in [6.07, 6.45) is 15.9. The minimum Gasteiger partial charge on any atom is -0.748 e. The van der Waals surface area contributed by atoms with Gasteiger partial charge in [-0.2, -0.15) is 0 Å². The summed E-state index contributed by atoms with van der Waals surface area (Å²) >= 11 is -0.0129. The molecule has 2 atom stereocenters. The molecule has 11 aromatic carbocycles. The second-order valence-corrected chi connectivity index (χ2v) is 51.4. The molecule has 13 rings (SSSR count). The number of ether oxygens (including phenoxy) is 1. The van der Waals surface area contributed by atoms with Crippen LogP contribution in [0.15, 0.2) is 266 Å². The number of Topliss-reactive ketones (excluding diaryl/α,β-unsaturated/α-hetero) is 1. The first-order valence-corrected chi connectivity index (χ1v) is 57.4. The first-order valence-electron chi connectivity index (χ1n) is 48.0. The Morgan fingerprint density at radius 3 is 1.05 bits per heavy atom. The van der Waals surface area contributed by atoms with E-state index in [-0.39, 0.29) is 121 Å². The monoisotopic (exact) mass is 2180 g/mol.